The maximum Gasteiger partial charge on any atom is 0.311 e. The van der Waals surface area contributed by atoms with Crippen LogP contribution in [-0.2, 0) is 11.3 Å². The van der Waals surface area contributed by atoms with Crippen molar-refractivity contribution in [2.45, 2.75) is 25.5 Å². The Kier molecular flexibility index (Phi) is 5.55. The molecule has 4 heterocycles. The normalized spacial score (nSPS) is 22.9. The average molecular weight is 461 g/mol. The lowest BCUT2D eigenvalue weighted by molar-refractivity contribution is 0.0150. The van der Waals surface area contributed by atoms with E-state index in [0.717, 1.165) is 44.2 Å². The maximum absolute atomic E-state index is 12.6. The molecule has 6 rings (SSSR count). The first-order valence-corrected chi connectivity index (χ1v) is 11.9. The highest BCUT2D eigenvalue weighted by Crippen LogP contribution is 2.38. The fourth-order valence-electron chi connectivity index (χ4n) is 5.08. The molecule has 1 amide bonds. The number of nitrogens with zero attached hydrogens (tertiary/aromatic N) is 4. The molecule has 0 aliphatic carbocycles. The van der Waals surface area contributed by atoms with Crippen molar-refractivity contribution in [3.05, 3.63) is 66.1 Å². The molecule has 3 aromatic rings. The topological polar surface area (TPSA) is 80.9 Å². The van der Waals surface area contributed by atoms with Crippen LogP contribution in [0.3, 0.4) is 0 Å². The summed E-state index contributed by atoms with van der Waals surface area (Å²) in [5.74, 6) is 0.917. The van der Waals surface area contributed by atoms with Crippen LogP contribution < -0.4 is 4.74 Å². The predicted octanol–water partition coefficient (Wildman–Crippen LogP) is 3.25. The van der Waals surface area contributed by atoms with Crippen LogP contribution in [0.25, 0.3) is 11.5 Å². The Bertz CT molecular complexity index is 1140. The van der Waals surface area contributed by atoms with Crippen molar-refractivity contribution in [1.29, 1.82) is 0 Å². The van der Waals surface area contributed by atoms with Crippen molar-refractivity contribution in [2.75, 3.05) is 39.4 Å². The fourth-order valence-corrected chi connectivity index (χ4v) is 5.08. The van der Waals surface area contributed by atoms with Gasteiger partial charge in [0.05, 0.1) is 19.7 Å². The Morgan fingerprint density at radius 1 is 1.06 bits per heavy atom. The number of likely N-dealkylation sites (tertiary alicyclic amines) is 2. The third-order valence-corrected chi connectivity index (χ3v) is 7.10. The SMILES string of the molecule is O=C(c1nnc(-c2ccccc2)o1)N1CC(Oc2ccc(CN3CC[C@@]4(CCOC4)C3)cc2)C1. The summed E-state index contributed by atoms with van der Waals surface area (Å²) >= 11 is 0. The molecule has 8 nitrogen and oxygen atoms in total. The van der Waals surface area contributed by atoms with E-state index in [0.29, 0.717) is 24.4 Å². The molecule has 3 aliphatic heterocycles. The van der Waals surface area contributed by atoms with Gasteiger partial charge in [-0.15, -0.1) is 10.2 Å². The Hall–Kier alpha value is -3.23. The van der Waals surface area contributed by atoms with Crippen molar-refractivity contribution in [1.82, 2.24) is 20.0 Å². The molecule has 0 N–H and O–H groups in total. The van der Waals surface area contributed by atoms with Gasteiger partial charge in [-0.05, 0) is 49.2 Å². The fraction of sp³-hybridized carbons (Fsp3) is 0.423. The van der Waals surface area contributed by atoms with E-state index in [9.17, 15) is 4.79 Å². The molecule has 0 bridgehead atoms. The number of carbonyl (C=O) groups is 1. The molecular formula is C26H28N4O4. The molecule has 0 radical (unpaired) electrons. The zero-order chi connectivity index (χ0) is 23.0. The van der Waals surface area contributed by atoms with Crippen molar-refractivity contribution in [2.24, 2.45) is 5.41 Å². The summed E-state index contributed by atoms with van der Waals surface area (Å²) in [6.45, 7) is 6.06. The molecule has 3 aliphatic rings. The number of benzene rings is 2. The zero-order valence-electron chi connectivity index (χ0n) is 19.1. The van der Waals surface area contributed by atoms with Crippen LogP contribution in [0.1, 0.15) is 29.1 Å². The van der Waals surface area contributed by atoms with Gasteiger partial charge >= 0.3 is 11.8 Å². The lowest BCUT2D eigenvalue weighted by Gasteiger charge is -2.38. The van der Waals surface area contributed by atoms with Gasteiger partial charge in [-0.3, -0.25) is 9.69 Å². The Labute approximate surface area is 198 Å². The van der Waals surface area contributed by atoms with Crippen molar-refractivity contribution < 1.29 is 18.7 Å². The summed E-state index contributed by atoms with van der Waals surface area (Å²) in [7, 11) is 0. The van der Waals surface area contributed by atoms with E-state index in [4.69, 9.17) is 13.9 Å². The molecule has 1 spiro atoms. The van der Waals surface area contributed by atoms with E-state index in [1.807, 2.05) is 42.5 Å². The van der Waals surface area contributed by atoms with Gasteiger partial charge in [-0.1, -0.05) is 30.3 Å². The minimum absolute atomic E-state index is 0.00881. The summed E-state index contributed by atoms with van der Waals surface area (Å²) in [4.78, 5) is 16.8. The van der Waals surface area contributed by atoms with Crippen molar-refractivity contribution in [3.8, 4) is 17.2 Å². The molecule has 1 aromatic heterocycles. The Morgan fingerprint density at radius 3 is 2.65 bits per heavy atom. The highest BCUT2D eigenvalue weighted by Gasteiger charge is 2.41. The summed E-state index contributed by atoms with van der Waals surface area (Å²) in [5.41, 5.74) is 2.47. The average Bonchev–Trinajstić information content (AvgIpc) is 3.60. The molecule has 0 saturated carbocycles. The Morgan fingerprint density at radius 2 is 1.88 bits per heavy atom. The molecule has 0 unspecified atom stereocenters. The van der Waals surface area contributed by atoms with Gasteiger partial charge in [0.25, 0.3) is 0 Å². The molecule has 34 heavy (non-hydrogen) atoms. The molecule has 3 fully saturated rings. The van der Waals surface area contributed by atoms with Crippen molar-refractivity contribution in [3.63, 3.8) is 0 Å². The highest BCUT2D eigenvalue weighted by molar-refractivity contribution is 5.90. The third kappa shape index (κ3) is 4.31. The van der Waals surface area contributed by atoms with Crippen LogP contribution in [0.5, 0.6) is 5.75 Å². The molecule has 176 valence electrons. The van der Waals surface area contributed by atoms with Crippen LogP contribution in [0.4, 0.5) is 0 Å². The largest absolute Gasteiger partial charge is 0.487 e. The monoisotopic (exact) mass is 460 g/mol. The van der Waals surface area contributed by atoms with E-state index in [1.165, 1.54) is 18.4 Å². The Balaban J connectivity index is 0.980. The van der Waals surface area contributed by atoms with Gasteiger partial charge in [0.15, 0.2) is 0 Å². The van der Waals surface area contributed by atoms with Crippen LogP contribution in [0, 0.1) is 5.41 Å². The summed E-state index contributed by atoms with van der Waals surface area (Å²) < 4.78 is 17.3. The minimum atomic E-state index is -0.263. The van der Waals surface area contributed by atoms with Gasteiger partial charge < -0.3 is 18.8 Å². The minimum Gasteiger partial charge on any atom is -0.487 e. The quantitative estimate of drug-likeness (QED) is 0.559. The number of rotatable bonds is 6. The number of carbonyl (C=O) groups excluding carboxylic acids is 1. The van der Waals surface area contributed by atoms with E-state index in [1.54, 1.807) is 4.90 Å². The number of hydrogen-bond acceptors (Lipinski definition) is 7. The summed E-state index contributed by atoms with van der Waals surface area (Å²) in [6, 6.07) is 17.7. The molecule has 2 aromatic carbocycles. The first-order chi connectivity index (χ1) is 16.7. The standard InChI is InChI=1S/C26H28N4O4/c31-25(24-28-27-23(34-24)20-4-2-1-3-5-20)30-15-22(16-30)33-21-8-6-19(7-9-21)14-29-12-10-26(17-29)11-13-32-18-26/h1-9,22H,10-18H2/t26-/m1/s1. The van der Waals surface area contributed by atoms with Gasteiger partial charge in [0.2, 0.25) is 5.89 Å². The summed E-state index contributed by atoms with van der Waals surface area (Å²) in [5, 5.41) is 7.92. The van der Waals surface area contributed by atoms with Gasteiger partial charge in [0.1, 0.15) is 11.9 Å². The lowest BCUT2D eigenvalue weighted by atomic mass is 9.87. The maximum atomic E-state index is 12.6. The van der Waals surface area contributed by atoms with Gasteiger partial charge in [-0.2, -0.15) is 0 Å². The van der Waals surface area contributed by atoms with E-state index in [-0.39, 0.29) is 17.9 Å². The van der Waals surface area contributed by atoms with E-state index in [2.05, 4.69) is 27.2 Å². The second-order valence-electron chi connectivity index (χ2n) is 9.64. The third-order valence-electron chi connectivity index (χ3n) is 7.10. The number of amides is 1. The zero-order valence-corrected chi connectivity index (χ0v) is 19.1. The number of ether oxygens (including phenoxy) is 2. The van der Waals surface area contributed by atoms with E-state index < -0.39 is 0 Å². The lowest BCUT2D eigenvalue weighted by Crippen LogP contribution is -2.56. The molecule has 1 atom stereocenters. The van der Waals surface area contributed by atoms with E-state index >= 15 is 0 Å². The molecular weight excluding hydrogens is 432 g/mol. The van der Waals surface area contributed by atoms with Gasteiger partial charge in [-0.25, -0.2) is 0 Å². The first-order valence-electron chi connectivity index (χ1n) is 11.9. The molecule has 3 saturated heterocycles. The van der Waals surface area contributed by atoms with Crippen LogP contribution in [0.2, 0.25) is 0 Å². The highest BCUT2D eigenvalue weighted by atomic mass is 16.5. The van der Waals surface area contributed by atoms with Crippen LogP contribution >= 0.6 is 0 Å². The first kappa shape index (κ1) is 21.3. The molecule has 8 heteroatoms. The van der Waals surface area contributed by atoms with Gasteiger partial charge in [0, 0.05) is 30.7 Å². The van der Waals surface area contributed by atoms with Crippen LogP contribution in [0.15, 0.2) is 59.0 Å². The second kappa shape index (κ2) is 8.85. The predicted molar refractivity (Wildman–Crippen MR) is 124 cm³/mol. The van der Waals surface area contributed by atoms with Crippen molar-refractivity contribution >= 4 is 5.91 Å². The number of hydrogen-bond donors (Lipinski definition) is 0. The number of aromatic nitrogens is 2. The second-order valence-corrected chi connectivity index (χ2v) is 9.64. The smallest absolute Gasteiger partial charge is 0.311 e. The summed E-state index contributed by atoms with van der Waals surface area (Å²) in [6.07, 6.45) is 2.40. The van der Waals surface area contributed by atoms with Crippen LogP contribution in [-0.4, -0.2) is 71.4 Å².